The SMILES string of the molecule is CC(C)(C)CC(=O)N1CCC(C2CC2)CC1. The highest BCUT2D eigenvalue weighted by Gasteiger charge is 2.34. The molecule has 1 amide bonds. The minimum Gasteiger partial charge on any atom is -0.343 e. The lowest BCUT2D eigenvalue weighted by molar-refractivity contribution is -0.134. The van der Waals surface area contributed by atoms with E-state index in [0.717, 1.165) is 24.9 Å². The molecular weight excluding hydrogens is 198 g/mol. The van der Waals surface area contributed by atoms with E-state index in [1.165, 1.54) is 25.7 Å². The Hall–Kier alpha value is -0.530. The van der Waals surface area contributed by atoms with Crippen molar-refractivity contribution in [1.82, 2.24) is 4.90 Å². The molecule has 1 heterocycles. The van der Waals surface area contributed by atoms with Crippen molar-refractivity contribution < 1.29 is 4.79 Å². The second-order valence-electron chi connectivity index (χ2n) is 6.79. The summed E-state index contributed by atoms with van der Waals surface area (Å²) in [6, 6.07) is 0. The number of carbonyl (C=O) groups is 1. The van der Waals surface area contributed by atoms with E-state index < -0.39 is 0 Å². The predicted molar refractivity (Wildman–Crippen MR) is 66.1 cm³/mol. The van der Waals surface area contributed by atoms with Gasteiger partial charge in [-0.3, -0.25) is 4.79 Å². The number of likely N-dealkylation sites (tertiary alicyclic amines) is 1. The van der Waals surface area contributed by atoms with Crippen molar-refractivity contribution in [2.24, 2.45) is 17.3 Å². The zero-order chi connectivity index (χ0) is 11.8. The van der Waals surface area contributed by atoms with Gasteiger partial charge in [0.15, 0.2) is 0 Å². The number of hydrogen-bond acceptors (Lipinski definition) is 1. The lowest BCUT2D eigenvalue weighted by Crippen LogP contribution is -2.40. The highest BCUT2D eigenvalue weighted by molar-refractivity contribution is 5.76. The van der Waals surface area contributed by atoms with Gasteiger partial charge >= 0.3 is 0 Å². The van der Waals surface area contributed by atoms with Crippen LogP contribution in [-0.4, -0.2) is 23.9 Å². The molecule has 0 spiro atoms. The number of rotatable bonds is 2. The van der Waals surface area contributed by atoms with Crippen LogP contribution in [0.2, 0.25) is 0 Å². The molecule has 0 radical (unpaired) electrons. The first-order chi connectivity index (χ1) is 7.46. The normalized spacial score (nSPS) is 23.6. The summed E-state index contributed by atoms with van der Waals surface area (Å²) >= 11 is 0. The summed E-state index contributed by atoms with van der Waals surface area (Å²) in [5.41, 5.74) is 0.129. The molecule has 1 aliphatic heterocycles. The molecule has 2 fully saturated rings. The predicted octanol–water partition coefficient (Wildman–Crippen LogP) is 3.07. The summed E-state index contributed by atoms with van der Waals surface area (Å²) in [4.78, 5) is 14.1. The maximum absolute atomic E-state index is 12.0. The maximum atomic E-state index is 12.0. The third-order valence-corrected chi connectivity index (χ3v) is 3.86. The standard InChI is InChI=1S/C14H25NO/c1-14(2,3)10-13(16)15-8-6-12(7-9-15)11-4-5-11/h11-12H,4-10H2,1-3H3. The van der Waals surface area contributed by atoms with E-state index in [1.807, 2.05) is 0 Å². The van der Waals surface area contributed by atoms with Crippen LogP contribution in [0.1, 0.15) is 52.9 Å². The Morgan fingerprint density at radius 1 is 1.06 bits per heavy atom. The Bertz CT molecular complexity index is 254. The van der Waals surface area contributed by atoms with Crippen LogP contribution in [0.15, 0.2) is 0 Å². The second-order valence-corrected chi connectivity index (χ2v) is 6.79. The minimum atomic E-state index is 0.129. The number of hydrogen-bond donors (Lipinski definition) is 0. The van der Waals surface area contributed by atoms with Crippen molar-refractivity contribution in [3.05, 3.63) is 0 Å². The van der Waals surface area contributed by atoms with Crippen molar-refractivity contribution in [2.45, 2.75) is 52.9 Å². The molecule has 0 aromatic rings. The summed E-state index contributed by atoms with van der Waals surface area (Å²) in [5, 5.41) is 0. The van der Waals surface area contributed by atoms with Gasteiger partial charge in [0.1, 0.15) is 0 Å². The Kier molecular flexibility index (Phi) is 3.27. The summed E-state index contributed by atoms with van der Waals surface area (Å²) in [7, 11) is 0. The summed E-state index contributed by atoms with van der Waals surface area (Å²) in [5.74, 6) is 2.31. The first-order valence-corrected chi connectivity index (χ1v) is 6.73. The Morgan fingerprint density at radius 2 is 1.56 bits per heavy atom. The third-order valence-electron chi connectivity index (χ3n) is 3.86. The number of piperidine rings is 1. The first-order valence-electron chi connectivity index (χ1n) is 6.73. The van der Waals surface area contributed by atoms with Crippen molar-refractivity contribution in [2.75, 3.05) is 13.1 Å². The molecule has 0 aromatic carbocycles. The molecule has 2 heteroatoms. The molecule has 2 rings (SSSR count). The molecule has 2 nitrogen and oxygen atoms in total. The lowest BCUT2D eigenvalue weighted by atomic mass is 9.89. The minimum absolute atomic E-state index is 0.129. The van der Waals surface area contributed by atoms with E-state index >= 15 is 0 Å². The Labute approximate surface area is 99.4 Å². The largest absolute Gasteiger partial charge is 0.343 e. The van der Waals surface area contributed by atoms with Crippen molar-refractivity contribution >= 4 is 5.91 Å². The van der Waals surface area contributed by atoms with E-state index in [4.69, 9.17) is 0 Å². The van der Waals surface area contributed by atoms with Crippen LogP contribution in [0.4, 0.5) is 0 Å². The van der Waals surface area contributed by atoms with E-state index in [9.17, 15) is 4.79 Å². The van der Waals surface area contributed by atoms with E-state index in [2.05, 4.69) is 25.7 Å². The van der Waals surface area contributed by atoms with Crippen LogP contribution in [0, 0.1) is 17.3 Å². The summed E-state index contributed by atoms with van der Waals surface area (Å²) < 4.78 is 0. The molecule has 0 unspecified atom stereocenters. The Morgan fingerprint density at radius 3 is 2.00 bits per heavy atom. The second kappa shape index (κ2) is 4.38. The zero-order valence-electron chi connectivity index (χ0n) is 11.0. The molecule has 0 N–H and O–H groups in total. The highest BCUT2D eigenvalue weighted by Crippen LogP contribution is 2.41. The van der Waals surface area contributed by atoms with Crippen LogP contribution in [0.3, 0.4) is 0 Å². The average Bonchev–Trinajstić information content (AvgIpc) is 2.98. The molecule has 0 aromatic heterocycles. The van der Waals surface area contributed by atoms with E-state index in [-0.39, 0.29) is 5.41 Å². The van der Waals surface area contributed by atoms with Gasteiger partial charge in [-0.25, -0.2) is 0 Å². The Balaban J connectivity index is 1.77. The van der Waals surface area contributed by atoms with Gasteiger partial charge in [0.25, 0.3) is 0 Å². The highest BCUT2D eigenvalue weighted by atomic mass is 16.2. The molecule has 92 valence electrons. The van der Waals surface area contributed by atoms with Gasteiger partial charge < -0.3 is 4.90 Å². The third kappa shape index (κ3) is 3.23. The molecule has 1 aliphatic carbocycles. The van der Waals surface area contributed by atoms with Crippen LogP contribution >= 0.6 is 0 Å². The lowest BCUT2D eigenvalue weighted by Gasteiger charge is -2.33. The van der Waals surface area contributed by atoms with Crippen molar-refractivity contribution in [3.63, 3.8) is 0 Å². The molecule has 16 heavy (non-hydrogen) atoms. The van der Waals surface area contributed by atoms with Crippen LogP contribution in [0.5, 0.6) is 0 Å². The molecule has 0 bridgehead atoms. The first kappa shape index (κ1) is 11.9. The van der Waals surface area contributed by atoms with Gasteiger partial charge in [-0.1, -0.05) is 20.8 Å². The average molecular weight is 223 g/mol. The number of carbonyl (C=O) groups excluding carboxylic acids is 1. The fourth-order valence-corrected chi connectivity index (χ4v) is 2.75. The van der Waals surface area contributed by atoms with Gasteiger partial charge in [0, 0.05) is 19.5 Å². The molecule has 2 aliphatic rings. The monoisotopic (exact) mass is 223 g/mol. The molecule has 1 saturated carbocycles. The van der Waals surface area contributed by atoms with Crippen LogP contribution < -0.4 is 0 Å². The van der Waals surface area contributed by atoms with Crippen LogP contribution in [0.25, 0.3) is 0 Å². The molecule has 0 atom stereocenters. The van der Waals surface area contributed by atoms with E-state index in [1.54, 1.807) is 0 Å². The summed E-state index contributed by atoms with van der Waals surface area (Å²) in [6.45, 7) is 8.44. The van der Waals surface area contributed by atoms with Gasteiger partial charge in [-0.2, -0.15) is 0 Å². The molecular formula is C14H25NO. The quantitative estimate of drug-likeness (QED) is 0.704. The van der Waals surface area contributed by atoms with Gasteiger partial charge in [-0.05, 0) is 42.9 Å². The topological polar surface area (TPSA) is 20.3 Å². The van der Waals surface area contributed by atoms with Crippen molar-refractivity contribution in [1.29, 1.82) is 0 Å². The fraction of sp³-hybridized carbons (Fsp3) is 0.929. The van der Waals surface area contributed by atoms with Crippen molar-refractivity contribution in [3.8, 4) is 0 Å². The number of amides is 1. The van der Waals surface area contributed by atoms with Gasteiger partial charge in [0.05, 0.1) is 0 Å². The van der Waals surface area contributed by atoms with Crippen LogP contribution in [-0.2, 0) is 4.79 Å². The van der Waals surface area contributed by atoms with Gasteiger partial charge in [0.2, 0.25) is 5.91 Å². The smallest absolute Gasteiger partial charge is 0.223 e. The maximum Gasteiger partial charge on any atom is 0.223 e. The van der Waals surface area contributed by atoms with Gasteiger partial charge in [-0.15, -0.1) is 0 Å². The van der Waals surface area contributed by atoms with E-state index in [0.29, 0.717) is 12.3 Å². The summed E-state index contributed by atoms with van der Waals surface area (Å²) in [6.07, 6.45) is 6.09. The zero-order valence-corrected chi connectivity index (χ0v) is 11.0. The fourth-order valence-electron chi connectivity index (χ4n) is 2.75. The number of nitrogens with zero attached hydrogens (tertiary/aromatic N) is 1. The molecule has 1 saturated heterocycles.